The van der Waals surface area contributed by atoms with Gasteiger partial charge >= 0.3 is 0 Å². The number of benzene rings is 1. The molecule has 0 amide bonds. The first-order chi connectivity index (χ1) is 14.2. The Balaban J connectivity index is -0.000000428. The molecule has 0 radical (unpaired) electrons. The lowest BCUT2D eigenvalue weighted by atomic mass is 9.72. The molecule has 30 heavy (non-hydrogen) atoms. The van der Waals surface area contributed by atoms with Gasteiger partial charge in [-0.2, -0.15) is 5.26 Å². The fourth-order valence-corrected chi connectivity index (χ4v) is 3.42. The number of hydrogen-bond acceptors (Lipinski definition) is 1. The summed E-state index contributed by atoms with van der Waals surface area (Å²) in [4.78, 5) is 0. The Morgan fingerprint density at radius 2 is 1.47 bits per heavy atom. The third-order valence-electron chi connectivity index (χ3n) is 5.06. The molecule has 174 valence electrons. The molecular formula is C29H53N. The van der Waals surface area contributed by atoms with Gasteiger partial charge in [0, 0.05) is 5.92 Å². The highest BCUT2D eigenvalue weighted by molar-refractivity contribution is 5.13. The van der Waals surface area contributed by atoms with E-state index in [4.69, 9.17) is 5.26 Å². The molecule has 1 aromatic carbocycles. The molecule has 1 aromatic rings. The quantitative estimate of drug-likeness (QED) is 0.406. The van der Waals surface area contributed by atoms with Crippen LogP contribution in [-0.2, 0) is 6.42 Å². The van der Waals surface area contributed by atoms with Gasteiger partial charge in [-0.15, -0.1) is 0 Å². The van der Waals surface area contributed by atoms with Crippen LogP contribution in [0, 0.1) is 34.5 Å². The Morgan fingerprint density at radius 1 is 0.967 bits per heavy atom. The smallest absolute Gasteiger partial charge is 0.0655 e. The highest BCUT2D eigenvalue weighted by atomic mass is 14.4. The minimum absolute atomic E-state index is 0.201. The molecule has 1 heteroatoms. The van der Waals surface area contributed by atoms with Crippen molar-refractivity contribution in [2.24, 2.45) is 23.2 Å². The molecule has 1 rings (SSSR count). The number of nitrogens with zero attached hydrogens (tertiary/aromatic N) is 1. The van der Waals surface area contributed by atoms with Gasteiger partial charge in [-0.3, -0.25) is 0 Å². The van der Waals surface area contributed by atoms with Gasteiger partial charge in [0.1, 0.15) is 0 Å². The van der Waals surface area contributed by atoms with Gasteiger partial charge in [0.05, 0.1) is 6.07 Å². The van der Waals surface area contributed by atoms with Gasteiger partial charge in [0.2, 0.25) is 0 Å². The summed E-state index contributed by atoms with van der Waals surface area (Å²) in [6, 6.07) is 12.9. The topological polar surface area (TPSA) is 23.8 Å². The second-order valence-corrected chi connectivity index (χ2v) is 8.81. The van der Waals surface area contributed by atoms with Gasteiger partial charge in [-0.05, 0) is 62.8 Å². The van der Waals surface area contributed by atoms with E-state index in [9.17, 15) is 0 Å². The zero-order chi connectivity index (χ0) is 24.0. The molecule has 0 bridgehead atoms. The summed E-state index contributed by atoms with van der Waals surface area (Å²) >= 11 is 0. The Labute approximate surface area is 191 Å². The fourth-order valence-electron chi connectivity index (χ4n) is 3.42. The Bertz CT molecular complexity index is 512. The molecule has 3 atom stereocenters. The SMILES string of the molecule is C/C=C\C.CC.CCCC(C(C)C#N)C(CC)CC(C)(C)C.CCc1ccccc1. The first-order valence-electron chi connectivity index (χ1n) is 12.2. The largest absolute Gasteiger partial charge is 0.198 e. The first kappa shape index (κ1) is 33.1. The molecule has 3 unspecified atom stereocenters. The molecule has 0 aliphatic heterocycles. The van der Waals surface area contributed by atoms with Crippen LogP contribution in [0.25, 0.3) is 0 Å². The summed E-state index contributed by atoms with van der Waals surface area (Å²) in [5.74, 6) is 1.49. The third kappa shape index (κ3) is 19.8. The molecule has 0 spiro atoms. The number of nitriles is 1. The van der Waals surface area contributed by atoms with Gasteiger partial charge in [-0.1, -0.05) is 111 Å². The Hall–Kier alpha value is -1.55. The van der Waals surface area contributed by atoms with Crippen LogP contribution in [0.4, 0.5) is 0 Å². The van der Waals surface area contributed by atoms with Crippen LogP contribution >= 0.6 is 0 Å². The number of rotatable bonds is 7. The zero-order valence-electron chi connectivity index (χ0n) is 22.3. The van der Waals surface area contributed by atoms with Crippen molar-refractivity contribution in [3.8, 4) is 6.07 Å². The number of allylic oxidation sites excluding steroid dienone is 2. The zero-order valence-corrected chi connectivity index (χ0v) is 22.3. The molecule has 1 nitrogen and oxygen atoms in total. The van der Waals surface area contributed by atoms with E-state index in [1.165, 1.54) is 31.2 Å². The highest BCUT2D eigenvalue weighted by Crippen LogP contribution is 2.36. The van der Waals surface area contributed by atoms with Gasteiger partial charge < -0.3 is 0 Å². The van der Waals surface area contributed by atoms with Crippen molar-refractivity contribution in [3.05, 3.63) is 48.0 Å². The maximum atomic E-state index is 9.12. The molecule has 0 aromatic heterocycles. The third-order valence-corrected chi connectivity index (χ3v) is 5.06. The normalized spacial score (nSPS) is 13.3. The molecule has 0 aliphatic rings. The molecule has 0 aliphatic carbocycles. The predicted octanol–water partition coefficient (Wildman–Crippen LogP) is 9.88. The average molecular weight is 416 g/mol. The van der Waals surface area contributed by atoms with Crippen molar-refractivity contribution in [2.75, 3.05) is 0 Å². The summed E-state index contributed by atoms with van der Waals surface area (Å²) in [6.07, 6.45) is 9.97. The minimum Gasteiger partial charge on any atom is -0.198 e. The van der Waals surface area contributed by atoms with Gasteiger partial charge in [0.15, 0.2) is 0 Å². The molecule has 0 saturated carbocycles. The van der Waals surface area contributed by atoms with Crippen LogP contribution in [-0.4, -0.2) is 0 Å². The lowest BCUT2D eigenvalue weighted by molar-refractivity contribution is 0.179. The van der Waals surface area contributed by atoms with Crippen LogP contribution in [0.2, 0.25) is 0 Å². The standard InChI is InChI=1S/C15H29N.C8H10.C4H8.C2H6/c1-7-9-14(12(3)11-16)13(8-2)10-15(4,5)6;1-2-8-6-4-3-5-7-8;1-3-4-2;1-2/h12-14H,7-10H2,1-6H3;3-7H,2H2,1H3;3-4H,1-2H3;1-2H3/b;;4-3-;. The fraction of sp³-hybridized carbons (Fsp3) is 0.690. The van der Waals surface area contributed by atoms with Crippen molar-refractivity contribution < 1.29 is 0 Å². The molecule has 0 heterocycles. The van der Waals surface area contributed by atoms with Crippen molar-refractivity contribution in [2.45, 2.75) is 108 Å². The highest BCUT2D eigenvalue weighted by Gasteiger charge is 2.28. The summed E-state index contributed by atoms with van der Waals surface area (Å²) in [5, 5.41) is 9.12. The lowest BCUT2D eigenvalue weighted by Crippen LogP contribution is -2.25. The summed E-state index contributed by atoms with van der Waals surface area (Å²) in [7, 11) is 0. The van der Waals surface area contributed by atoms with Crippen LogP contribution in [0.15, 0.2) is 42.5 Å². The van der Waals surface area contributed by atoms with Crippen molar-refractivity contribution in [1.29, 1.82) is 5.26 Å². The second kappa shape index (κ2) is 22.1. The predicted molar refractivity (Wildman–Crippen MR) is 139 cm³/mol. The number of aryl methyl sites for hydroxylation is 1. The minimum atomic E-state index is 0.201. The van der Waals surface area contributed by atoms with Gasteiger partial charge in [-0.25, -0.2) is 0 Å². The van der Waals surface area contributed by atoms with Crippen molar-refractivity contribution in [3.63, 3.8) is 0 Å². The second-order valence-electron chi connectivity index (χ2n) is 8.81. The maximum Gasteiger partial charge on any atom is 0.0655 e. The summed E-state index contributed by atoms with van der Waals surface area (Å²) in [6.45, 7) is 23.6. The average Bonchev–Trinajstić information content (AvgIpc) is 2.77. The lowest BCUT2D eigenvalue weighted by Gasteiger charge is -2.33. The first-order valence-corrected chi connectivity index (χ1v) is 12.2. The summed E-state index contributed by atoms with van der Waals surface area (Å²) in [5.41, 5.74) is 1.79. The van der Waals surface area contributed by atoms with Crippen LogP contribution in [0.5, 0.6) is 0 Å². The molecule has 0 fully saturated rings. The van der Waals surface area contributed by atoms with Crippen molar-refractivity contribution >= 4 is 0 Å². The van der Waals surface area contributed by atoms with Crippen LogP contribution in [0.1, 0.15) is 107 Å². The van der Waals surface area contributed by atoms with E-state index in [1.807, 2.05) is 45.9 Å². The van der Waals surface area contributed by atoms with E-state index in [0.717, 1.165) is 6.42 Å². The Kier molecular flexibility index (Phi) is 24.4. The summed E-state index contributed by atoms with van der Waals surface area (Å²) < 4.78 is 0. The van der Waals surface area contributed by atoms with Crippen LogP contribution < -0.4 is 0 Å². The van der Waals surface area contributed by atoms with E-state index in [-0.39, 0.29) is 5.92 Å². The monoisotopic (exact) mass is 415 g/mol. The van der Waals surface area contributed by atoms with E-state index in [2.05, 4.69) is 78.8 Å². The maximum absolute atomic E-state index is 9.12. The van der Waals surface area contributed by atoms with Gasteiger partial charge in [0.25, 0.3) is 0 Å². The molecular weight excluding hydrogens is 362 g/mol. The van der Waals surface area contributed by atoms with E-state index >= 15 is 0 Å². The molecule has 0 N–H and O–H groups in total. The van der Waals surface area contributed by atoms with E-state index < -0.39 is 0 Å². The van der Waals surface area contributed by atoms with E-state index in [1.54, 1.807) is 0 Å². The Morgan fingerprint density at radius 3 is 1.73 bits per heavy atom. The number of hydrogen-bond donors (Lipinski definition) is 0. The molecule has 0 saturated heterocycles. The van der Waals surface area contributed by atoms with E-state index in [0.29, 0.717) is 17.3 Å². The van der Waals surface area contributed by atoms with Crippen LogP contribution in [0.3, 0.4) is 0 Å². The van der Waals surface area contributed by atoms with Crippen molar-refractivity contribution in [1.82, 2.24) is 0 Å².